The summed E-state index contributed by atoms with van der Waals surface area (Å²) in [6.45, 7) is 9.22. The number of carbonyl (C=O) groups excluding carboxylic acids is 5. The Balaban J connectivity index is 1.34. The lowest BCUT2D eigenvalue weighted by molar-refractivity contribution is -0.321. The van der Waals surface area contributed by atoms with Gasteiger partial charge < -0.3 is 28.4 Å². The number of hydrogen-bond donors (Lipinski definition) is 0. The molecule has 1 heterocycles. The number of ether oxygens (including phenoxy) is 6. The fourth-order valence-corrected chi connectivity index (χ4v) is 9.60. The van der Waals surface area contributed by atoms with E-state index < -0.39 is 54.6 Å². The van der Waals surface area contributed by atoms with E-state index >= 15 is 0 Å². The van der Waals surface area contributed by atoms with Crippen molar-refractivity contribution in [3.63, 3.8) is 0 Å². The van der Waals surface area contributed by atoms with Gasteiger partial charge in [0.25, 0.3) is 0 Å². The molecule has 0 unspecified atom stereocenters. The molecular weight excluding hydrogens is 572 g/mol. The smallest absolute Gasteiger partial charge is 0.303 e. The van der Waals surface area contributed by atoms with Crippen molar-refractivity contribution in [2.75, 3.05) is 6.61 Å². The third kappa shape index (κ3) is 6.28. The van der Waals surface area contributed by atoms with Crippen molar-refractivity contribution < 1.29 is 52.4 Å². The molecule has 5 rings (SSSR count). The summed E-state index contributed by atoms with van der Waals surface area (Å²) in [7, 11) is 0. The molecule has 5 fully saturated rings. The first kappa shape index (κ1) is 32.9. The summed E-state index contributed by atoms with van der Waals surface area (Å²) >= 11 is 0. The summed E-state index contributed by atoms with van der Waals surface area (Å²) in [5, 5.41) is 0. The molecule has 0 N–H and O–H groups in total. The van der Waals surface area contributed by atoms with E-state index in [1.165, 1.54) is 27.7 Å². The summed E-state index contributed by atoms with van der Waals surface area (Å²) in [6.07, 6.45) is 2.46. The Kier molecular flexibility index (Phi) is 9.48. The van der Waals surface area contributed by atoms with Crippen LogP contribution in [0.15, 0.2) is 0 Å². The van der Waals surface area contributed by atoms with Gasteiger partial charge in [-0.15, -0.1) is 0 Å². The lowest BCUT2D eigenvalue weighted by Gasteiger charge is -2.60. The Morgan fingerprint density at radius 3 is 2.09 bits per heavy atom. The van der Waals surface area contributed by atoms with Gasteiger partial charge in [-0.1, -0.05) is 13.8 Å². The number of ketones is 1. The summed E-state index contributed by atoms with van der Waals surface area (Å²) < 4.78 is 34.6. The van der Waals surface area contributed by atoms with Gasteiger partial charge in [-0.3, -0.25) is 24.0 Å². The fourth-order valence-electron chi connectivity index (χ4n) is 9.60. The molecular formula is C33H48O11. The molecule has 246 valence electrons. The molecule has 11 nitrogen and oxygen atoms in total. The minimum atomic E-state index is -1.24. The van der Waals surface area contributed by atoms with E-state index in [-0.39, 0.29) is 23.5 Å². The lowest BCUT2D eigenvalue weighted by atomic mass is 9.45. The Hall–Kier alpha value is -2.53. The third-order valence-corrected chi connectivity index (χ3v) is 11.6. The van der Waals surface area contributed by atoms with Crippen LogP contribution in [0.25, 0.3) is 0 Å². The van der Waals surface area contributed by atoms with Crippen molar-refractivity contribution in [2.24, 2.45) is 34.5 Å². The molecule has 1 saturated heterocycles. The van der Waals surface area contributed by atoms with Crippen LogP contribution in [0.2, 0.25) is 0 Å². The molecule has 11 heteroatoms. The zero-order valence-corrected chi connectivity index (χ0v) is 26.8. The van der Waals surface area contributed by atoms with Crippen LogP contribution in [0.5, 0.6) is 0 Å². The maximum absolute atomic E-state index is 12.8. The van der Waals surface area contributed by atoms with Gasteiger partial charge in [0.05, 0.1) is 6.10 Å². The van der Waals surface area contributed by atoms with Crippen LogP contribution in [0, 0.1) is 34.5 Å². The van der Waals surface area contributed by atoms with Crippen molar-refractivity contribution in [1.29, 1.82) is 0 Å². The highest BCUT2D eigenvalue weighted by Crippen LogP contribution is 2.65. The fraction of sp³-hybridized carbons (Fsp3) is 0.848. The average Bonchev–Trinajstić information content (AvgIpc) is 3.24. The maximum atomic E-state index is 12.8. The minimum absolute atomic E-state index is 0.150. The Labute approximate surface area is 259 Å². The Bertz CT molecular complexity index is 1150. The number of rotatable bonds is 7. The van der Waals surface area contributed by atoms with Crippen LogP contribution in [0.4, 0.5) is 0 Å². The van der Waals surface area contributed by atoms with E-state index in [0.717, 1.165) is 57.8 Å². The van der Waals surface area contributed by atoms with Crippen molar-refractivity contribution in [3.05, 3.63) is 0 Å². The standard InChI is InChI=1S/C33H48O11/c1-17(34)39-16-26-28(40-18(2)35)29(41-19(3)36)30(42-20(4)37)31(44-26)43-22-11-13-32(5)21(15-22)7-8-23-24-9-10-27(38)33(24,6)14-12-25(23)32/h21-26,28-31H,7-16H2,1-6H3/t21-,22-,23-,24-,25-,26+,28+,29-,30+,31+,32-,33-/m0/s1. The first-order valence-electron chi connectivity index (χ1n) is 16.2. The van der Waals surface area contributed by atoms with Crippen molar-refractivity contribution in [3.8, 4) is 0 Å². The van der Waals surface area contributed by atoms with E-state index in [1.54, 1.807) is 0 Å². The molecule has 4 aliphatic carbocycles. The van der Waals surface area contributed by atoms with E-state index in [9.17, 15) is 24.0 Å². The average molecular weight is 621 g/mol. The summed E-state index contributed by atoms with van der Waals surface area (Å²) in [5.74, 6) is -0.0244. The highest BCUT2D eigenvalue weighted by atomic mass is 16.7. The molecule has 0 bridgehead atoms. The highest BCUT2D eigenvalue weighted by molar-refractivity contribution is 5.87. The summed E-state index contributed by atoms with van der Waals surface area (Å²) in [5.41, 5.74) is -0.00315. The predicted molar refractivity (Wildman–Crippen MR) is 154 cm³/mol. The molecule has 0 aromatic rings. The quantitative estimate of drug-likeness (QED) is 0.231. The molecule has 0 aromatic heterocycles. The number of fused-ring (bicyclic) bond motifs is 5. The monoisotopic (exact) mass is 620 g/mol. The normalized spacial score (nSPS) is 43.1. The molecule has 0 amide bonds. The second-order valence-corrected chi connectivity index (χ2v) is 14.2. The largest absolute Gasteiger partial charge is 0.463 e. The zero-order valence-electron chi connectivity index (χ0n) is 26.8. The molecule has 44 heavy (non-hydrogen) atoms. The second-order valence-electron chi connectivity index (χ2n) is 14.2. The van der Waals surface area contributed by atoms with Crippen molar-refractivity contribution in [2.45, 2.75) is 136 Å². The van der Waals surface area contributed by atoms with Gasteiger partial charge in [0.15, 0.2) is 24.6 Å². The van der Waals surface area contributed by atoms with Crippen molar-refractivity contribution in [1.82, 2.24) is 0 Å². The van der Waals surface area contributed by atoms with Gasteiger partial charge >= 0.3 is 23.9 Å². The number of carbonyl (C=O) groups is 5. The van der Waals surface area contributed by atoms with Crippen molar-refractivity contribution >= 4 is 29.7 Å². The van der Waals surface area contributed by atoms with Crippen LogP contribution >= 0.6 is 0 Å². The minimum Gasteiger partial charge on any atom is -0.463 e. The van der Waals surface area contributed by atoms with Gasteiger partial charge in [0.2, 0.25) is 0 Å². The van der Waals surface area contributed by atoms with Crippen LogP contribution in [0.3, 0.4) is 0 Å². The van der Waals surface area contributed by atoms with E-state index in [1.807, 2.05) is 0 Å². The number of hydrogen-bond acceptors (Lipinski definition) is 11. The Morgan fingerprint density at radius 2 is 1.43 bits per heavy atom. The Morgan fingerprint density at radius 1 is 0.773 bits per heavy atom. The lowest BCUT2D eigenvalue weighted by Crippen LogP contribution is -2.63. The van der Waals surface area contributed by atoms with Gasteiger partial charge in [0.1, 0.15) is 18.5 Å². The van der Waals surface area contributed by atoms with Crippen LogP contribution in [-0.2, 0) is 52.4 Å². The summed E-state index contributed by atoms with van der Waals surface area (Å²) in [6, 6.07) is 0. The van der Waals surface area contributed by atoms with Crippen LogP contribution in [0.1, 0.15) is 99.3 Å². The van der Waals surface area contributed by atoms with Crippen LogP contribution in [-0.4, -0.2) is 73.1 Å². The number of Topliss-reactive ketones (excluding diaryl/α,β-unsaturated/α-hetero) is 1. The van der Waals surface area contributed by atoms with Crippen LogP contribution < -0.4 is 0 Å². The van der Waals surface area contributed by atoms with E-state index in [2.05, 4.69) is 13.8 Å². The van der Waals surface area contributed by atoms with E-state index in [0.29, 0.717) is 29.5 Å². The van der Waals surface area contributed by atoms with E-state index in [4.69, 9.17) is 28.4 Å². The van der Waals surface area contributed by atoms with Gasteiger partial charge in [-0.25, -0.2) is 0 Å². The first-order chi connectivity index (χ1) is 20.7. The predicted octanol–water partition coefficient (Wildman–Crippen LogP) is 4.07. The molecule has 12 atom stereocenters. The third-order valence-electron chi connectivity index (χ3n) is 11.6. The molecule has 1 aliphatic heterocycles. The highest BCUT2D eigenvalue weighted by Gasteiger charge is 2.61. The van der Waals surface area contributed by atoms with Gasteiger partial charge in [0, 0.05) is 39.5 Å². The molecule has 5 aliphatic rings. The second kappa shape index (κ2) is 12.7. The molecule has 0 spiro atoms. The summed E-state index contributed by atoms with van der Waals surface area (Å²) in [4.78, 5) is 60.9. The maximum Gasteiger partial charge on any atom is 0.303 e. The van der Waals surface area contributed by atoms with Gasteiger partial charge in [-0.2, -0.15) is 0 Å². The molecule has 4 saturated carbocycles. The molecule has 0 aromatic carbocycles. The molecule has 0 radical (unpaired) electrons. The topological polar surface area (TPSA) is 141 Å². The number of esters is 4. The zero-order chi connectivity index (χ0) is 32.0. The SMILES string of the molecule is CC(=O)OC[C@H]1O[C@@H](O[C@H]2CC[C@@]3(C)[C@@H](CC[C@@H]4[C@@H]3CC[C@]3(C)C(=O)CC[C@@H]43)C2)[C@H](OC(C)=O)[C@@H](OC(C)=O)[C@@H]1OC(C)=O. The first-order valence-corrected chi connectivity index (χ1v) is 16.2. The van der Waals surface area contributed by atoms with Gasteiger partial charge in [-0.05, 0) is 80.5 Å².